The van der Waals surface area contributed by atoms with Crippen molar-refractivity contribution in [3.63, 3.8) is 0 Å². The van der Waals surface area contributed by atoms with Crippen LogP contribution in [-0.2, 0) is 13.6 Å². The molecule has 1 aromatic carbocycles. The molecule has 0 aliphatic heterocycles. The summed E-state index contributed by atoms with van der Waals surface area (Å²) in [5.41, 5.74) is 0. The van der Waals surface area contributed by atoms with Gasteiger partial charge in [-0.1, -0.05) is 0 Å². The van der Waals surface area contributed by atoms with Gasteiger partial charge in [0.05, 0.1) is 6.54 Å². The molecule has 0 unspecified atom stereocenters. The van der Waals surface area contributed by atoms with Crippen molar-refractivity contribution in [3.8, 4) is 0 Å². The molecule has 22 heavy (non-hydrogen) atoms. The molecule has 0 amide bonds. The summed E-state index contributed by atoms with van der Waals surface area (Å²) in [6, 6.07) is 6.50. The predicted octanol–water partition coefficient (Wildman–Crippen LogP) is 1.41. The molecule has 1 aromatic heterocycles. The van der Waals surface area contributed by atoms with E-state index in [1.165, 1.54) is 18.5 Å². The zero-order chi connectivity index (χ0) is 15.8. The summed E-state index contributed by atoms with van der Waals surface area (Å²) in [5.74, 6) is 2.19. The number of aryl methyl sites for hydroxylation is 1. The van der Waals surface area contributed by atoms with Crippen molar-refractivity contribution < 1.29 is 4.39 Å². The molecule has 118 valence electrons. The number of hydrogen-bond donors (Lipinski definition) is 2. The number of benzene rings is 1. The zero-order valence-corrected chi connectivity index (χ0v) is 13.4. The van der Waals surface area contributed by atoms with Crippen LogP contribution < -0.4 is 10.6 Å². The third kappa shape index (κ3) is 5.03. The van der Waals surface area contributed by atoms with E-state index in [-0.39, 0.29) is 5.82 Å². The topological polar surface area (TPSA) is 67.1 Å². The number of nitrogens with one attached hydrogen (secondary N) is 2. The molecular formula is C14H19FN6S. The second kappa shape index (κ2) is 8.38. The fourth-order valence-electron chi connectivity index (χ4n) is 1.73. The molecule has 1 heterocycles. The molecular weight excluding hydrogens is 303 g/mol. The highest BCUT2D eigenvalue weighted by Crippen LogP contribution is 2.17. The molecule has 0 fully saturated rings. The largest absolute Gasteiger partial charge is 0.356 e. The molecule has 0 atom stereocenters. The van der Waals surface area contributed by atoms with Crippen molar-refractivity contribution in [1.82, 2.24) is 25.4 Å². The maximum Gasteiger partial charge on any atom is 0.191 e. The molecule has 0 aliphatic rings. The van der Waals surface area contributed by atoms with Gasteiger partial charge in [-0.25, -0.2) is 9.37 Å². The van der Waals surface area contributed by atoms with Gasteiger partial charge in [0.15, 0.2) is 5.96 Å². The Bertz CT molecular complexity index is 610. The third-order valence-electron chi connectivity index (χ3n) is 2.92. The molecule has 2 aromatic rings. The minimum absolute atomic E-state index is 0.212. The van der Waals surface area contributed by atoms with Crippen LogP contribution in [0.2, 0.25) is 0 Å². The number of thioether (sulfide) groups is 1. The van der Waals surface area contributed by atoms with Crippen molar-refractivity contribution in [3.05, 3.63) is 42.2 Å². The van der Waals surface area contributed by atoms with Crippen LogP contribution in [0, 0.1) is 5.82 Å². The molecule has 0 bridgehead atoms. The molecule has 2 N–H and O–H groups in total. The second-order valence-electron chi connectivity index (χ2n) is 4.45. The van der Waals surface area contributed by atoms with Crippen LogP contribution in [0.5, 0.6) is 0 Å². The van der Waals surface area contributed by atoms with Gasteiger partial charge in [-0.15, -0.1) is 11.8 Å². The Hall–Kier alpha value is -2.09. The lowest BCUT2D eigenvalue weighted by molar-refractivity contribution is 0.626. The average Bonchev–Trinajstić information content (AvgIpc) is 2.93. The molecule has 2 rings (SSSR count). The summed E-state index contributed by atoms with van der Waals surface area (Å²) in [5, 5.41) is 10.4. The Morgan fingerprint density at radius 2 is 2.09 bits per heavy atom. The Balaban J connectivity index is 1.68. The number of halogens is 1. The average molecular weight is 322 g/mol. The summed E-state index contributed by atoms with van der Waals surface area (Å²) in [6.07, 6.45) is 1.52. The monoisotopic (exact) mass is 322 g/mol. The fraction of sp³-hybridized carbons (Fsp3) is 0.357. The van der Waals surface area contributed by atoms with Gasteiger partial charge in [-0.05, 0) is 24.3 Å². The molecule has 8 heteroatoms. The number of nitrogens with zero attached hydrogens (tertiary/aromatic N) is 4. The predicted molar refractivity (Wildman–Crippen MR) is 86.3 cm³/mol. The lowest BCUT2D eigenvalue weighted by Crippen LogP contribution is -2.38. The van der Waals surface area contributed by atoms with Crippen LogP contribution in [-0.4, -0.2) is 40.1 Å². The molecule has 6 nitrogen and oxygen atoms in total. The standard InChI is InChI=1S/C14H19FN6S/c1-16-14(18-9-13-19-10-20-21(13)2)17-7-8-22-12-5-3-11(15)4-6-12/h3-6,10H,7-9H2,1-2H3,(H2,16,17,18). The van der Waals surface area contributed by atoms with Crippen molar-refractivity contribution in [1.29, 1.82) is 0 Å². The van der Waals surface area contributed by atoms with Gasteiger partial charge in [-0.2, -0.15) is 5.10 Å². The lowest BCUT2D eigenvalue weighted by Gasteiger charge is -2.11. The van der Waals surface area contributed by atoms with Crippen molar-refractivity contribution in [2.24, 2.45) is 12.0 Å². The second-order valence-corrected chi connectivity index (χ2v) is 5.62. The third-order valence-corrected chi connectivity index (χ3v) is 3.93. The highest BCUT2D eigenvalue weighted by atomic mass is 32.2. The van der Waals surface area contributed by atoms with Gasteiger partial charge in [0.25, 0.3) is 0 Å². The van der Waals surface area contributed by atoms with E-state index >= 15 is 0 Å². The number of aliphatic imine (C=N–C) groups is 1. The van der Waals surface area contributed by atoms with E-state index < -0.39 is 0 Å². The van der Waals surface area contributed by atoms with Gasteiger partial charge in [-0.3, -0.25) is 9.67 Å². The Labute approximate surface area is 133 Å². The minimum Gasteiger partial charge on any atom is -0.356 e. The molecule has 0 aliphatic carbocycles. The number of rotatable bonds is 6. The summed E-state index contributed by atoms with van der Waals surface area (Å²) in [6.45, 7) is 1.31. The molecule has 0 radical (unpaired) electrons. The van der Waals surface area contributed by atoms with Crippen LogP contribution >= 0.6 is 11.8 Å². The van der Waals surface area contributed by atoms with Gasteiger partial charge in [0.2, 0.25) is 0 Å². The van der Waals surface area contributed by atoms with Crippen LogP contribution in [0.1, 0.15) is 5.82 Å². The van der Waals surface area contributed by atoms with E-state index in [0.29, 0.717) is 12.5 Å². The van der Waals surface area contributed by atoms with E-state index in [0.717, 1.165) is 23.0 Å². The fourth-order valence-corrected chi connectivity index (χ4v) is 2.50. The first kappa shape index (κ1) is 16.3. The Morgan fingerprint density at radius 3 is 2.73 bits per heavy atom. The lowest BCUT2D eigenvalue weighted by atomic mass is 10.4. The van der Waals surface area contributed by atoms with E-state index in [9.17, 15) is 4.39 Å². The van der Waals surface area contributed by atoms with E-state index in [2.05, 4.69) is 25.7 Å². The Kier molecular flexibility index (Phi) is 6.20. The quantitative estimate of drug-likeness (QED) is 0.364. The molecule has 0 saturated carbocycles. The van der Waals surface area contributed by atoms with Crippen molar-refractivity contribution in [2.45, 2.75) is 11.4 Å². The zero-order valence-electron chi connectivity index (χ0n) is 12.6. The van der Waals surface area contributed by atoms with Gasteiger partial charge >= 0.3 is 0 Å². The molecule has 0 spiro atoms. The summed E-state index contributed by atoms with van der Waals surface area (Å²) in [4.78, 5) is 9.34. The molecule has 0 saturated heterocycles. The van der Waals surface area contributed by atoms with Crippen molar-refractivity contribution >= 4 is 17.7 Å². The summed E-state index contributed by atoms with van der Waals surface area (Å²) < 4.78 is 14.5. The van der Waals surface area contributed by atoms with E-state index in [4.69, 9.17) is 0 Å². The highest BCUT2D eigenvalue weighted by Gasteiger charge is 2.02. The summed E-state index contributed by atoms with van der Waals surface area (Å²) in [7, 11) is 3.57. The van der Waals surface area contributed by atoms with Gasteiger partial charge in [0, 0.05) is 31.3 Å². The van der Waals surface area contributed by atoms with Gasteiger partial charge in [0.1, 0.15) is 18.0 Å². The van der Waals surface area contributed by atoms with Gasteiger partial charge < -0.3 is 10.6 Å². The minimum atomic E-state index is -0.212. The normalized spacial score (nSPS) is 11.5. The maximum atomic E-state index is 12.8. The first-order valence-electron chi connectivity index (χ1n) is 6.85. The van der Waals surface area contributed by atoms with Crippen LogP contribution in [0.25, 0.3) is 0 Å². The smallest absolute Gasteiger partial charge is 0.191 e. The number of hydrogen-bond acceptors (Lipinski definition) is 4. The number of guanidine groups is 1. The first-order valence-corrected chi connectivity index (χ1v) is 7.83. The van der Waals surface area contributed by atoms with E-state index in [1.54, 1.807) is 35.6 Å². The summed E-state index contributed by atoms with van der Waals surface area (Å²) >= 11 is 1.66. The first-order chi connectivity index (χ1) is 10.7. The Morgan fingerprint density at radius 1 is 1.32 bits per heavy atom. The number of aromatic nitrogens is 3. The van der Waals surface area contributed by atoms with Crippen molar-refractivity contribution in [2.75, 3.05) is 19.3 Å². The van der Waals surface area contributed by atoms with Crippen LogP contribution in [0.15, 0.2) is 40.5 Å². The van der Waals surface area contributed by atoms with E-state index in [1.807, 2.05) is 7.05 Å². The highest BCUT2D eigenvalue weighted by molar-refractivity contribution is 7.99. The van der Waals surface area contributed by atoms with Crippen LogP contribution in [0.4, 0.5) is 4.39 Å². The van der Waals surface area contributed by atoms with Crippen LogP contribution in [0.3, 0.4) is 0 Å². The maximum absolute atomic E-state index is 12.8. The SMILES string of the molecule is CN=C(NCCSc1ccc(F)cc1)NCc1ncnn1C.